The molecule has 0 aliphatic rings. The molecule has 4 unspecified atom stereocenters. The molecule has 1 N–H and O–H groups in total. The fourth-order valence-corrected chi connectivity index (χ4v) is 3.85. The Balaban J connectivity index is 2.86. The first-order valence-corrected chi connectivity index (χ1v) is 7.88. The summed E-state index contributed by atoms with van der Waals surface area (Å²) < 4.78 is 12.5. The minimum absolute atomic E-state index is 0.106. The average molecular weight is 267 g/mol. The third kappa shape index (κ3) is 3.66. The van der Waals surface area contributed by atoms with Crippen LogP contribution in [0.3, 0.4) is 0 Å². The van der Waals surface area contributed by atoms with Crippen LogP contribution in [0.4, 0.5) is 0 Å². The topological polar surface area (TPSA) is 29.1 Å². The van der Waals surface area contributed by atoms with Crippen molar-refractivity contribution in [1.29, 1.82) is 0 Å². The molecule has 102 valence electrons. The molecule has 0 radical (unpaired) electrons. The van der Waals surface area contributed by atoms with E-state index < -0.39 is 10.8 Å². The van der Waals surface area contributed by atoms with E-state index in [0.29, 0.717) is 5.92 Å². The summed E-state index contributed by atoms with van der Waals surface area (Å²) in [4.78, 5) is 0. The van der Waals surface area contributed by atoms with E-state index in [2.05, 4.69) is 45.1 Å². The van der Waals surface area contributed by atoms with E-state index in [0.717, 1.165) is 0 Å². The average Bonchev–Trinajstić information content (AvgIpc) is 2.38. The molecule has 4 atom stereocenters. The van der Waals surface area contributed by atoms with Gasteiger partial charge in [-0.3, -0.25) is 4.21 Å². The Labute approximate surface area is 114 Å². The Morgan fingerprint density at radius 3 is 2.00 bits per heavy atom. The molecule has 0 bridgehead atoms. The zero-order valence-electron chi connectivity index (χ0n) is 12.0. The highest BCUT2D eigenvalue weighted by atomic mass is 32.2. The number of benzene rings is 1. The van der Waals surface area contributed by atoms with Crippen molar-refractivity contribution in [1.82, 2.24) is 5.32 Å². The Bertz CT molecular complexity index is 377. The van der Waals surface area contributed by atoms with Gasteiger partial charge in [0, 0.05) is 22.1 Å². The van der Waals surface area contributed by atoms with E-state index in [1.807, 2.05) is 25.2 Å². The highest BCUT2D eigenvalue weighted by molar-refractivity contribution is 7.86. The molecule has 3 heteroatoms. The second kappa shape index (κ2) is 7.05. The molecular formula is C15H25NOS. The molecule has 0 aromatic heterocycles. The lowest BCUT2D eigenvalue weighted by molar-refractivity contribution is 0.549. The third-order valence-corrected chi connectivity index (χ3v) is 5.89. The van der Waals surface area contributed by atoms with Gasteiger partial charge in [-0.25, -0.2) is 0 Å². The van der Waals surface area contributed by atoms with Gasteiger partial charge in [0.1, 0.15) is 0 Å². The molecule has 2 nitrogen and oxygen atoms in total. The lowest BCUT2D eigenvalue weighted by Crippen LogP contribution is -2.35. The Morgan fingerprint density at radius 1 is 1.00 bits per heavy atom. The van der Waals surface area contributed by atoms with Crippen molar-refractivity contribution in [3.05, 3.63) is 35.9 Å². The van der Waals surface area contributed by atoms with Gasteiger partial charge in [0.25, 0.3) is 0 Å². The Morgan fingerprint density at radius 2 is 1.56 bits per heavy atom. The van der Waals surface area contributed by atoms with Crippen LogP contribution in [-0.4, -0.2) is 21.8 Å². The summed E-state index contributed by atoms with van der Waals surface area (Å²) in [6.45, 7) is 8.41. The molecule has 0 aliphatic heterocycles. The van der Waals surface area contributed by atoms with E-state index in [4.69, 9.17) is 0 Å². The van der Waals surface area contributed by atoms with E-state index in [1.54, 1.807) is 0 Å². The van der Waals surface area contributed by atoms with Gasteiger partial charge in [0.15, 0.2) is 0 Å². The second-order valence-corrected chi connectivity index (χ2v) is 7.30. The minimum atomic E-state index is -0.833. The smallest absolute Gasteiger partial charge is 0.0517 e. The van der Waals surface area contributed by atoms with Gasteiger partial charge < -0.3 is 5.32 Å². The van der Waals surface area contributed by atoms with Crippen molar-refractivity contribution in [2.45, 2.75) is 44.2 Å². The van der Waals surface area contributed by atoms with Gasteiger partial charge in [0.2, 0.25) is 0 Å². The van der Waals surface area contributed by atoms with Crippen molar-refractivity contribution >= 4 is 10.8 Å². The first-order chi connectivity index (χ1) is 8.49. The molecule has 0 saturated heterocycles. The monoisotopic (exact) mass is 267 g/mol. The summed E-state index contributed by atoms with van der Waals surface area (Å²) in [6.07, 6.45) is 0. The summed E-state index contributed by atoms with van der Waals surface area (Å²) >= 11 is 0. The van der Waals surface area contributed by atoms with E-state index in [1.165, 1.54) is 5.56 Å². The molecule has 0 heterocycles. The Kier molecular flexibility index (Phi) is 6.03. The van der Waals surface area contributed by atoms with Crippen LogP contribution in [0, 0.1) is 5.92 Å². The number of hydrogen-bond donors (Lipinski definition) is 1. The number of rotatable bonds is 6. The number of hydrogen-bond acceptors (Lipinski definition) is 2. The molecule has 1 aromatic carbocycles. The van der Waals surface area contributed by atoms with Crippen LogP contribution in [0.5, 0.6) is 0 Å². The maximum Gasteiger partial charge on any atom is 0.0517 e. The highest BCUT2D eigenvalue weighted by Crippen LogP contribution is 2.24. The van der Waals surface area contributed by atoms with Crippen molar-refractivity contribution in [3.63, 3.8) is 0 Å². The summed E-state index contributed by atoms with van der Waals surface area (Å²) in [5, 5.41) is 3.63. The molecule has 0 fully saturated rings. The van der Waals surface area contributed by atoms with E-state index in [9.17, 15) is 4.21 Å². The fourth-order valence-electron chi connectivity index (χ4n) is 2.07. The predicted molar refractivity (Wildman–Crippen MR) is 80.1 cm³/mol. The van der Waals surface area contributed by atoms with Crippen molar-refractivity contribution in [2.24, 2.45) is 5.92 Å². The van der Waals surface area contributed by atoms with Gasteiger partial charge in [-0.05, 0) is 25.5 Å². The first-order valence-electron chi connectivity index (χ1n) is 6.60. The normalized spacial score (nSPS) is 18.3. The number of nitrogens with one attached hydrogen (secondary N) is 1. The molecular weight excluding hydrogens is 242 g/mol. The van der Waals surface area contributed by atoms with Crippen LogP contribution < -0.4 is 5.32 Å². The first kappa shape index (κ1) is 15.4. The van der Waals surface area contributed by atoms with Crippen LogP contribution in [0.25, 0.3) is 0 Å². The molecule has 0 spiro atoms. The van der Waals surface area contributed by atoms with Crippen LogP contribution in [0.1, 0.15) is 39.3 Å². The standard InChI is InChI=1S/C15H25NOS/c1-11(2)12(3)18(17)13(4)15(16-5)14-9-7-6-8-10-14/h6-13,15-16H,1-5H3. The maximum atomic E-state index is 12.5. The zero-order valence-corrected chi connectivity index (χ0v) is 12.8. The summed E-state index contributed by atoms with van der Waals surface area (Å²) in [7, 11) is 1.10. The lowest BCUT2D eigenvalue weighted by atomic mass is 10.0. The summed E-state index contributed by atoms with van der Waals surface area (Å²) in [5.74, 6) is 0.446. The van der Waals surface area contributed by atoms with Crippen LogP contribution in [-0.2, 0) is 10.8 Å². The maximum absolute atomic E-state index is 12.5. The van der Waals surface area contributed by atoms with Gasteiger partial charge in [-0.15, -0.1) is 0 Å². The molecule has 0 aliphatic carbocycles. The zero-order chi connectivity index (χ0) is 13.7. The lowest BCUT2D eigenvalue weighted by Gasteiger charge is -2.27. The van der Waals surface area contributed by atoms with E-state index in [-0.39, 0.29) is 16.5 Å². The van der Waals surface area contributed by atoms with Crippen LogP contribution >= 0.6 is 0 Å². The summed E-state index contributed by atoms with van der Waals surface area (Å²) in [6, 6.07) is 10.4. The van der Waals surface area contributed by atoms with Crippen molar-refractivity contribution in [3.8, 4) is 0 Å². The fraction of sp³-hybridized carbons (Fsp3) is 0.600. The van der Waals surface area contributed by atoms with Crippen molar-refractivity contribution < 1.29 is 4.21 Å². The Hall–Kier alpha value is -0.670. The molecule has 0 amide bonds. The van der Waals surface area contributed by atoms with Crippen LogP contribution in [0.15, 0.2) is 30.3 Å². The van der Waals surface area contributed by atoms with Crippen LogP contribution in [0.2, 0.25) is 0 Å². The second-order valence-electron chi connectivity index (χ2n) is 5.16. The van der Waals surface area contributed by atoms with Gasteiger partial charge >= 0.3 is 0 Å². The third-order valence-electron chi connectivity index (χ3n) is 3.61. The van der Waals surface area contributed by atoms with E-state index >= 15 is 0 Å². The predicted octanol–water partition coefficient (Wildman–Crippen LogP) is 3.13. The molecule has 1 rings (SSSR count). The molecule has 1 aromatic rings. The van der Waals surface area contributed by atoms with Crippen molar-refractivity contribution in [2.75, 3.05) is 7.05 Å². The minimum Gasteiger partial charge on any atom is -0.312 e. The molecule has 0 saturated carbocycles. The molecule has 18 heavy (non-hydrogen) atoms. The summed E-state index contributed by atoms with van der Waals surface area (Å²) in [5.41, 5.74) is 1.21. The largest absolute Gasteiger partial charge is 0.312 e. The van der Waals surface area contributed by atoms with Gasteiger partial charge in [0.05, 0.1) is 5.25 Å². The van der Waals surface area contributed by atoms with Gasteiger partial charge in [-0.1, -0.05) is 51.1 Å². The SMILES string of the molecule is CNC(c1ccccc1)C(C)S(=O)C(C)C(C)C. The highest BCUT2D eigenvalue weighted by Gasteiger charge is 2.27. The van der Waals surface area contributed by atoms with Gasteiger partial charge in [-0.2, -0.15) is 0 Å². The quantitative estimate of drug-likeness (QED) is 0.858.